The molecule has 3 heterocycles. The summed E-state index contributed by atoms with van der Waals surface area (Å²) in [6.45, 7) is 0.908. The first-order valence-corrected chi connectivity index (χ1v) is 7.20. The van der Waals surface area contributed by atoms with Crippen LogP contribution in [0.25, 0.3) is 0 Å². The maximum Gasteiger partial charge on any atom is 0.212 e. The molecule has 0 aromatic carbocycles. The van der Waals surface area contributed by atoms with Crippen molar-refractivity contribution in [1.82, 2.24) is 15.2 Å². The molecule has 2 atom stereocenters. The van der Waals surface area contributed by atoms with Crippen molar-refractivity contribution in [1.29, 1.82) is 0 Å². The fraction of sp³-hybridized carbons (Fsp3) is 0.667. The normalized spacial score (nSPS) is 30.5. The van der Waals surface area contributed by atoms with Crippen LogP contribution < -0.4 is 10.1 Å². The summed E-state index contributed by atoms with van der Waals surface area (Å²) in [5.74, 6) is 0.682. The molecule has 19 heavy (non-hydrogen) atoms. The number of ether oxygens (including phenoxy) is 1. The van der Waals surface area contributed by atoms with E-state index in [4.69, 9.17) is 4.74 Å². The van der Waals surface area contributed by atoms with E-state index in [9.17, 15) is 0 Å². The Labute approximate surface area is 115 Å². The average Bonchev–Trinajstić information content (AvgIpc) is 2.68. The maximum atomic E-state index is 5.07. The van der Waals surface area contributed by atoms with Gasteiger partial charge in [-0.2, -0.15) is 0 Å². The number of hydrogen-bond acceptors (Lipinski definition) is 4. The van der Waals surface area contributed by atoms with E-state index in [-0.39, 0.29) is 0 Å². The highest BCUT2D eigenvalue weighted by molar-refractivity contribution is 5.17. The zero-order valence-electron chi connectivity index (χ0n) is 11.8. The zero-order valence-corrected chi connectivity index (χ0v) is 11.8. The number of aromatic nitrogens is 1. The van der Waals surface area contributed by atoms with Crippen molar-refractivity contribution in [3.63, 3.8) is 0 Å². The molecule has 2 bridgehead atoms. The number of methoxy groups -OCH3 is 1. The van der Waals surface area contributed by atoms with Crippen LogP contribution in [0.3, 0.4) is 0 Å². The summed E-state index contributed by atoms with van der Waals surface area (Å²) < 4.78 is 5.07. The van der Waals surface area contributed by atoms with E-state index in [0.29, 0.717) is 11.9 Å². The molecule has 104 valence electrons. The SMILES string of the molecule is COc1ccc(CNC2CC3CCC(C2)N3C)cn1. The Bertz CT molecular complexity index is 406. The minimum absolute atomic E-state index is 0.663. The van der Waals surface area contributed by atoms with Crippen molar-refractivity contribution < 1.29 is 4.74 Å². The summed E-state index contributed by atoms with van der Waals surface area (Å²) in [5, 5.41) is 3.69. The van der Waals surface area contributed by atoms with Gasteiger partial charge < -0.3 is 15.0 Å². The summed E-state index contributed by atoms with van der Waals surface area (Å²) in [5.41, 5.74) is 1.23. The van der Waals surface area contributed by atoms with Gasteiger partial charge in [-0.25, -0.2) is 4.98 Å². The minimum atomic E-state index is 0.663. The van der Waals surface area contributed by atoms with Gasteiger partial charge in [-0.1, -0.05) is 6.07 Å². The Hall–Kier alpha value is -1.13. The molecule has 2 aliphatic heterocycles. The molecule has 0 amide bonds. The van der Waals surface area contributed by atoms with Gasteiger partial charge >= 0.3 is 0 Å². The maximum absolute atomic E-state index is 5.07. The van der Waals surface area contributed by atoms with Gasteiger partial charge in [0.1, 0.15) is 0 Å². The Morgan fingerprint density at radius 3 is 2.63 bits per heavy atom. The van der Waals surface area contributed by atoms with Gasteiger partial charge in [-0.15, -0.1) is 0 Å². The van der Waals surface area contributed by atoms with Crippen LogP contribution in [0.4, 0.5) is 0 Å². The van der Waals surface area contributed by atoms with E-state index < -0.39 is 0 Å². The van der Waals surface area contributed by atoms with Gasteiger partial charge in [0, 0.05) is 36.9 Å². The van der Waals surface area contributed by atoms with Gasteiger partial charge in [0.05, 0.1) is 7.11 Å². The van der Waals surface area contributed by atoms with Crippen molar-refractivity contribution >= 4 is 0 Å². The van der Waals surface area contributed by atoms with Gasteiger partial charge in [-0.05, 0) is 38.3 Å². The van der Waals surface area contributed by atoms with Crippen LogP contribution >= 0.6 is 0 Å². The topological polar surface area (TPSA) is 37.4 Å². The van der Waals surface area contributed by atoms with E-state index in [2.05, 4.69) is 28.3 Å². The monoisotopic (exact) mass is 261 g/mol. The first-order valence-electron chi connectivity index (χ1n) is 7.20. The molecule has 2 saturated heterocycles. The van der Waals surface area contributed by atoms with Crippen LogP contribution in [0, 0.1) is 0 Å². The number of piperidine rings is 1. The molecule has 3 rings (SSSR count). The second-order valence-electron chi connectivity index (χ2n) is 5.81. The first-order chi connectivity index (χ1) is 9.26. The highest BCUT2D eigenvalue weighted by Crippen LogP contribution is 2.34. The minimum Gasteiger partial charge on any atom is -0.481 e. The summed E-state index contributed by atoms with van der Waals surface area (Å²) in [4.78, 5) is 6.82. The van der Waals surface area contributed by atoms with E-state index in [1.807, 2.05) is 12.3 Å². The summed E-state index contributed by atoms with van der Waals surface area (Å²) in [7, 11) is 3.93. The largest absolute Gasteiger partial charge is 0.481 e. The lowest BCUT2D eigenvalue weighted by Crippen LogP contribution is -2.46. The Kier molecular flexibility index (Phi) is 3.71. The predicted octanol–water partition coefficient (Wildman–Crippen LogP) is 1.80. The number of hydrogen-bond donors (Lipinski definition) is 1. The molecule has 2 fully saturated rings. The summed E-state index contributed by atoms with van der Waals surface area (Å²) in [6, 6.07) is 6.27. The third kappa shape index (κ3) is 2.74. The van der Waals surface area contributed by atoms with E-state index in [1.54, 1.807) is 7.11 Å². The molecule has 1 aromatic heterocycles. The number of pyridine rings is 1. The third-order valence-corrected chi connectivity index (χ3v) is 4.70. The standard InChI is InChI=1S/C15H23N3O/c1-18-13-4-5-14(18)8-12(7-13)16-9-11-3-6-15(19-2)17-10-11/h3,6,10,12-14,16H,4-5,7-9H2,1-2H3. The van der Waals surface area contributed by atoms with E-state index in [0.717, 1.165) is 18.6 Å². The van der Waals surface area contributed by atoms with Crippen molar-refractivity contribution in [2.45, 2.75) is 50.4 Å². The average molecular weight is 261 g/mol. The van der Waals surface area contributed by atoms with Crippen molar-refractivity contribution in [3.8, 4) is 5.88 Å². The molecule has 1 aromatic rings. The number of nitrogens with one attached hydrogen (secondary N) is 1. The van der Waals surface area contributed by atoms with Gasteiger partial charge in [0.2, 0.25) is 5.88 Å². The number of nitrogens with zero attached hydrogens (tertiary/aromatic N) is 2. The van der Waals surface area contributed by atoms with Gasteiger partial charge in [-0.3, -0.25) is 0 Å². The van der Waals surface area contributed by atoms with Crippen molar-refractivity contribution in [3.05, 3.63) is 23.9 Å². The van der Waals surface area contributed by atoms with Crippen LogP contribution in [0.1, 0.15) is 31.2 Å². The van der Waals surface area contributed by atoms with Crippen molar-refractivity contribution in [2.75, 3.05) is 14.2 Å². The van der Waals surface area contributed by atoms with Gasteiger partial charge in [0.25, 0.3) is 0 Å². The summed E-state index contributed by atoms with van der Waals surface area (Å²) in [6.07, 6.45) is 7.23. The fourth-order valence-electron chi connectivity index (χ4n) is 3.48. The van der Waals surface area contributed by atoms with Gasteiger partial charge in [0.15, 0.2) is 0 Å². The lowest BCUT2D eigenvalue weighted by molar-refractivity contribution is 0.148. The molecule has 4 heteroatoms. The molecular formula is C15H23N3O. The number of fused-ring (bicyclic) bond motifs is 2. The second kappa shape index (κ2) is 5.47. The molecule has 2 aliphatic rings. The first kappa shape index (κ1) is 12.9. The molecule has 4 nitrogen and oxygen atoms in total. The Balaban J connectivity index is 1.52. The lowest BCUT2D eigenvalue weighted by atomic mass is 9.98. The van der Waals surface area contributed by atoms with E-state index in [1.165, 1.54) is 31.2 Å². The van der Waals surface area contributed by atoms with Crippen LogP contribution in [0.5, 0.6) is 5.88 Å². The van der Waals surface area contributed by atoms with E-state index >= 15 is 0 Å². The molecular weight excluding hydrogens is 238 g/mol. The van der Waals surface area contributed by atoms with Crippen LogP contribution in [0.15, 0.2) is 18.3 Å². The Morgan fingerprint density at radius 1 is 1.32 bits per heavy atom. The smallest absolute Gasteiger partial charge is 0.212 e. The predicted molar refractivity (Wildman–Crippen MR) is 75.2 cm³/mol. The highest BCUT2D eigenvalue weighted by Gasteiger charge is 2.37. The fourth-order valence-corrected chi connectivity index (χ4v) is 3.48. The third-order valence-electron chi connectivity index (χ3n) is 4.70. The molecule has 0 radical (unpaired) electrons. The van der Waals surface area contributed by atoms with Crippen molar-refractivity contribution in [2.24, 2.45) is 0 Å². The second-order valence-corrected chi connectivity index (χ2v) is 5.81. The lowest BCUT2D eigenvalue weighted by Gasteiger charge is -2.36. The molecule has 0 saturated carbocycles. The highest BCUT2D eigenvalue weighted by atomic mass is 16.5. The molecule has 0 aliphatic carbocycles. The molecule has 1 N–H and O–H groups in total. The Morgan fingerprint density at radius 2 is 2.05 bits per heavy atom. The molecule has 2 unspecified atom stereocenters. The molecule has 0 spiro atoms. The quantitative estimate of drug-likeness (QED) is 0.897. The van der Waals surface area contributed by atoms with Crippen LogP contribution in [-0.2, 0) is 6.54 Å². The van der Waals surface area contributed by atoms with Crippen LogP contribution in [-0.4, -0.2) is 42.2 Å². The zero-order chi connectivity index (χ0) is 13.2. The van der Waals surface area contributed by atoms with Crippen LogP contribution in [0.2, 0.25) is 0 Å². The number of rotatable bonds is 4. The summed E-state index contributed by atoms with van der Waals surface area (Å²) >= 11 is 0.